The minimum atomic E-state index is -0.316. The number of benzene rings is 1. The summed E-state index contributed by atoms with van der Waals surface area (Å²) in [7, 11) is 0. The molecule has 0 spiro atoms. The highest BCUT2D eigenvalue weighted by Crippen LogP contribution is 2.45. The number of hydrogen-bond acceptors (Lipinski definition) is 2. The summed E-state index contributed by atoms with van der Waals surface area (Å²) in [6.07, 6.45) is 4.77. The summed E-state index contributed by atoms with van der Waals surface area (Å²) in [5, 5.41) is 6.56. The second-order valence-electron chi connectivity index (χ2n) is 6.93. The average molecular weight is 304 g/mol. The summed E-state index contributed by atoms with van der Waals surface area (Å²) in [5.41, 5.74) is 0.580. The Morgan fingerprint density at radius 3 is 2.95 bits per heavy atom. The predicted molar refractivity (Wildman–Crippen MR) is 84.8 cm³/mol. The molecule has 120 valence electrons. The second-order valence-corrected chi connectivity index (χ2v) is 6.93. The molecule has 1 aromatic carbocycles. The van der Waals surface area contributed by atoms with Gasteiger partial charge in [0.2, 0.25) is 5.91 Å². The van der Waals surface area contributed by atoms with Gasteiger partial charge in [-0.2, -0.15) is 0 Å². The van der Waals surface area contributed by atoms with Gasteiger partial charge in [-0.25, -0.2) is 4.39 Å². The van der Waals surface area contributed by atoms with Crippen LogP contribution in [0.15, 0.2) is 24.3 Å². The first-order valence-corrected chi connectivity index (χ1v) is 8.37. The molecule has 1 saturated carbocycles. The summed E-state index contributed by atoms with van der Waals surface area (Å²) in [6.45, 7) is 4.28. The molecule has 1 heterocycles. The van der Waals surface area contributed by atoms with E-state index in [1.165, 1.54) is 18.9 Å². The van der Waals surface area contributed by atoms with Crippen LogP contribution in [-0.4, -0.2) is 19.0 Å². The SMILES string of the molecule is CC(CC(=O)NC1(c2cccc(F)c2)CC1)C1CCCNC1. The highest BCUT2D eigenvalue weighted by Gasteiger charge is 2.45. The number of carbonyl (C=O) groups is 1. The van der Waals surface area contributed by atoms with Crippen molar-refractivity contribution >= 4 is 5.91 Å². The van der Waals surface area contributed by atoms with Crippen LogP contribution in [0.3, 0.4) is 0 Å². The van der Waals surface area contributed by atoms with Crippen LogP contribution in [0.1, 0.15) is 44.6 Å². The van der Waals surface area contributed by atoms with E-state index in [2.05, 4.69) is 17.6 Å². The van der Waals surface area contributed by atoms with Crippen molar-refractivity contribution in [3.05, 3.63) is 35.6 Å². The monoisotopic (exact) mass is 304 g/mol. The largest absolute Gasteiger partial charge is 0.347 e. The van der Waals surface area contributed by atoms with Gasteiger partial charge in [0.05, 0.1) is 5.54 Å². The van der Waals surface area contributed by atoms with Crippen molar-refractivity contribution in [1.82, 2.24) is 10.6 Å². The fourth-order valence-corrected chi connectivity index (χ4v) is 3.54. The van der Waals surface area contributed by atoms with E-state index in [4.69, 9.17) is 0 Å². The Bertz CT molecular complexity index is 536. The number of nitrogens with one attached hydrogen (secondary N) is 2. The van der Waals surface area contributed by atoms with Gasteiger partial charge < -0.3 is 10.6 Å². The summed E-state index contributed by atoms with van der Waals surface area (Å²) in [5.74, 6) is 0.833. The lowest BCUT2D eigenvalue weighted by Crippen LogP contribution is -2.38. The lowest BCUT2D eigenvalue weighted by atomic mass is 9.85. The number of halogens is 1. The Labute approximate surface area is 131 Å². The second kappa shape index (κ2) is 6.37. The van der Waals surface area contributed by atoms with Crippen molar-refractivity contribution < 1.29 is 9.18 Å². The predicted octanol–water partition coefficient (Wildman–Crippen LogP) is 2.96. The summed E-state index contributed by atoms with van der Waals surface area (Å²) in [4.78, 5) is 12.4. The van der Waals surface area contributed by atoms with Crippen LogP contribution in [0.25, 0.3) is 0 Å². The maximum Gasteiger partial charge on any atom is 0.220 e. The van der Waals surface area contributed by atoms with Gasteiger partial charge in [0.15, 0.2) is 0 Å². The average Bonchev–Trinajstić information content (AvgIpc) is 3.29. The maximum atomic E-state index is 13.4. The van der Waals surface area contributed by atoms with Gasteiger partial charge in [-0.05, 0) is 68.3 Å². The molecule has 4 heteroatoms. The molecule has 3 nitrogen and oxygen atoms in total. The van der Waals surface area contributed by atoms with Crippen LogP contribution in [0.4, 0.5) is 4.39 Å². The fraction of sp³-hybridized carbons (Fsp3) is 0.611. The first kappa shape index (κ1) is 15.5. The van der Waals surface area contributed by atoms with Crippen LogP contribution in [0, 0.1) is 17.7 Å². The molecule has 2 fully saturated rings. The lowest BCUT2D eigenvalue weighted by Gasteiger charge is -2.28. The molecule has 2 unspecified atom stereocenters. The van der Waals surface area contributed by atoms with E-state index in [1.54, 1.807) is 12.1 Å². The highest BCUT2D eigenvalue weighted by molar-refractivity contribution is 5.77. The molecule has 0 radical (unpaired) electrons. The van der Waals surface area contributed by atoms with Crippen molar-refractivity contribution in [3.8, 4) is 0 Å². The van der Waals surface area contributed by atoms with E-state index < -0.39 is 0 Å². The minimum Gasteiger partial charge on any atom is -0.347 e. The molecule has 1 saturated heterocycles. The molecule has 0 bridgehead atoms. The van der Waals surface area contributed by atoms with Crippen LogP contribution in [0.2, 0.25) is 0 Å². The van der Waals surface area contributed by atoms with Crippen molar-refractivity contribution in [3.63, 3.8) is 0 Å². The highest BCUT2D eigenvalue weighted by atomic mass is 19.1. The Hall–Kier alpha value is -1.42. The van der Waals surface area contributed by atoms with Crippen molar-refractivity contribution in [2.24, 2.45) is 11.8 Å². The molecular formula is C18H25FN2O. The molecular weight excluding hydrogens is 279 g/mol. The summed E-state index contributed by atoms with van der Waals surface area (Å²) >= 11 is 0. The van der Waals surface area contributed by atoms with Crippen molar-refractivity contribution in [1.29, 1.82) is 0 Å². The van der Waals surface area contributed by atoms with Gasteiger partial charge >= 0.3 is 0 Å². The molecule has 1 aliphatic carbocycles. The van der Waals surface area contributed by atoms with Gasteiger partial charge in [-0.3, -0.25) is 4.79 Å². The lowest BCUT2D eigenvalue weighted by molar-refractivity contribution is -0.123. The third-order valence-corrected chi connectivity index (χ3v) is 5.15. The number of piperidine rings is 1. The van der Waals surface area contributed by atoms with Gasteiger partial charge in [-0.1, -0.05) is 19.1 Å². The fourth-order valence-electron chi connectivity index (χ4n) is 3.54. The molecule has 2 aliphatic rings. The zero-order chi connectivity index (χ0) is 15.6. The van der Waals surface area contributed by atoms with Crippen molar-refractivity contribution in [2.75, 3.05) is 13.1 Å². The smallest absolute Gasteiger partial charge is 0.220 e. The van der Waals surface area contributed by atoms with E-state index in [-0.39, 0.29) is 17.3 Å². The zero-order valence-corrected chi connectivity index (χ0v) is 13.2. The molecule has 0 aromatic heterocycles. The molecule has 3 rings (SSSR count). The summed E-state index contributed by atoms with van der Waals surface area (Å²) in [6, 6.07) is 6.61. The first-order chi connectivity index (χ1) is 10.6. The van der Waals surface area contributed by atoms with E-state index >= 15 is 0 Å². The van der Waals surface area contributed by atoms with E-state index in [0.29, 0.717) is 18.3 Å². The van der Waals surface area contributed by atoms with E-state index in [0.717, 1.165) is 31.5 Å². The number of amides is 1. The van der Waals surface area contributed by atoms with Crippen molar-refractivity contribution in [2.45, 2.75) is 44.6 Å². The molecule has 2 atom stereocenters. The third-order valence-electron chi connectivity index (χ3n) is 5.15. The zero-order valence-electron chi connectivity index (χ0n) is 13.2. The maximum absolute atomic E-state index is 13.4. The Morgan fingerprint density at radius 1 is 1.50 bits per heavy atom. The third kappa shape index (κ3) is 3.49. The number of hydrogen-bond donors (Lipinski definition) is 2. The quantitative estimate of drug-likeness (QED) is 0.878. The van der Waals surface area contributed by atoms with Crippen LogP contribution >= 0.6 is 0 Å². The Balaban J connectivity index is 1.57. The Morgan fingerprint density at radius 2 is 2.32 bits per heavy atom. The molecule has 1 aliphatic heterocycles. The van der Waals surface area contributed by atoms with Crippen LogP contribution in [0.5, 0.6) is 0 Å². The Kier molecular flexibility index (Phi) is 4.48. The molecule has 22 heavy (non-hydrogen) atoms. The normalized spacial score (nSPS) is 24.5. The first-order valence-electron chi connectivity index (χ1n) is 8.37. The standard InChI is InChI=1S/C18H25FN2O/c1-13(14-4-3-9-20-12-14)10-17(22)21-18(7-8-18)15-5-2-6-16(19)11-15/h2,5-6,11,13-14,20H,3-4,7-10,12H2,1H3,(H,21,22). The van der Waals surface area contributed by atoms with Gasteiger partial charge in [0.25, 0.3) is 0 Å². The topological polar surface area (TPSA) is 41.1 Å². The van der Waals surface area contributed by atoms with Gasteiger partial charge in [0, 0.05) is 6.42 Å². The van der Waals surface area contributed by atoms with Crippen LogP contribution < -0.4 is 10.6 Å². The molecule has 2 N–H and O–H groups in total. The molecule has 1 aromatic rings. The minimum absolute atomic E-state index is 0.0971. The number of carbonyl (C=O) groups excluding carboxylic acids is 1. The molecule has 1 amide bonds. The number of rotatable bonds is 5. The van der Waals surface area contributed by atoms with Crippen LogP contribution in [-0.2, 0) is 10.3 Å². The van der Waals surface area contributed by atoms with Gasteiger partial charge in [0.1, 0.15) is 5.82 Å². The summed E-state index contributed by atoms with van der Waals surface area (Å²) < 4.78 is 13.4. The van der Waals surface area contributed by atoms with E-state index in [1.807, 2.05) is 6.07 Å². The van der Waals surface area contributed by atoms with Gasteiger partial charge in [-0.15, -0.1) is 0 Å². The van der Waals surface area contributed by atoms with E-state index in [9.17, 15) is 9.18 Å².